The minimum absolute atomic E-state index is 0.226. The van der Waals surface area contributed by atoms with Crippen LogP contribution in [0.25, 0.3) is 10.2 Å². The van der Waals surface area contributed by atoms with Crippen LogP contribution in [0.15, 0.2) is 24.3 Å². The van der Waals surface area contributed by atoms with Crippen molar-refractivity contribution in [1.29, 1.82) is 0 Å². The van der Waals surface area contributed by atoms with Crippen molar-refractivity contribution in [2.45, 2.75) is 45.4 Å². The van der Waals surface area contributed by atoms with Gasteiger partial charge in [-0.2, -0.15) is 0 Å². The lowest BCUT2D eigenvalue weighted by Crippen LogP contribution is -2.13. The van der Waals surface area contributed by atoms with E-state index >= 15 is 0 Å². The van der Waals surface area contributed by atoms with Crippen LogP contribution in [0.4, 0.5) is 11.5 Å². The summed E-state index contributed by atoms with van der Waals surface area (Å²) in [4.78, 5) is 23.2. The topological polar surface area (TPSA) is 80.9 Å². The second kappa shape index (κ2) is 7.03. The molecule has 0 atom stereocenters. The molecule has 6 heteroatoms. The molecular formula is C20H22N4OS. The summed E-state index contributed by atoms with van der Waals surface area (Å²) in [5.74, 6) is 0.308. The van der Waals surface area contributed by atoms with Gasteiger partial charge in [0.1, 0.15) is 15.5 Å². The van der Waals surface area contributed by atoms with Crippen molar-refractivity contribution in [1.82, 2.24) is 9.97 Å². The quantitative estimate of drug-likeness (QED) is 0.700. The van der Waals surface area contributed by atoms with E-state index < -0.39 is 0 Å². The number of thiophene rings is 1. The first kappa shape index (κ1) is 17.0. The number of aryl methyl sites for hydroxylation is 3. The fourth-order valence-corrected chi connectivity index (χ4v) is 4.46. The summed E-state index contributed by atoms with van der Waals surface area (Å²) in [6.07, 6.45) is 6.96. The number of nitrogens with one attached hydrogen (secondary N) is 1. The lowest BCUT2D eigenvalue weighted by molar-refractivity contribution is 0.103. The van der Waals surface area contributed by atoms with Crippen LogP contribution in [-0.2, 0) is 12.8 Å². The number of amides is 1. The lowest BCUT2D eigenvalue weighted by atomic mass is 9.96. The first-order chi connectivity index (χ1) is 12.6. The molecule has 1 aliphatic carbocycles. The molecule has 0 aromatic carbocycles. The van der Waals surface area contributed by atoms with Gasteiger partial charge in [0.05, 0.1) is 5.69 Å². The Morgan fingerprint density at radius 1 is 1.15 bits per heavy atom. The highest BCUT2D eigenvalue weighted by Crippen LogP contribution is 2.35. The number of hydrogen-bond acceptors (Lipinski definition) is 5. The minimum atomic E-state index is -0.226. The summed E-state index contributed by atoms with van der Waals surface area (Å²) >= 11 is 1.36. The Bertz CT molecular complexity index is 979. The van der Waals surface area contributed by atoms with E-state index in [9.17, 15) is 4.79 Å². The molecule has 0 radical (unpaired) electrons. The number of carbonyl (C=O) groups is 1. The fraction of sp³-hybridized carbons (Fsp3) is 0.350. The van der Waals surface area contributed by atoms with Crippen LogP contribution in [0, 0.1) is 6.92 Å². The molecule has 0 fully saturated rings. The summed E-state index contributed by atoms with van der Waals surface area (Å²) in [6, 6.07) is 7.69. The molecule has 3 N–H and O–H groups in total. The van der Waals surface area contributed by atoms with Crippen molar-refractivity contribution >= 4 is 39.0 Å². The van der Waals surface area contributed by atoms with Crippen LogP contribution in [0.1, 0.15) is 52.3 Å². The number of nitrogens with two attached hydrogens (primary N) is 1. The van der Waals surface area contributed by atoms with Crippen LogP contribution < -0.4 is 11.1 Å². The van der Waals surface area contributed by atoms with E-state index in [1.807, 2.05) is 19.1 Å². The largest absolute Gasteiger partial charge is 0.397 e. The summed E-state index contributed by atoms with van der Waals surface area (Å²) in [7, 11) is 0. The fourth-order valence-electron chi connectivity index (χ4n) is 3.47. The molecule has 3 aromatic rings. The summed E-state index contributed by atoms with van der Waals surface area (Å²) < 4.78 is 0. The maximum Gasteiger partial charge on any atom is 0.269 e. The van der Waals surface area contributed by atoms with Crippen molar-refractivity contribution in [3.8, 4) is 0 Å². The number of fused-ring (bicyclic) bond motifs is 2. The molecule has 26 heavy (non-hydrogen) atoms. The molecule has 0 saturated carbocycles. The van der Waals surface area contributed by atoms with Crippen LogP contribution in [-0.4, -0.2) is 15.9 Å². The zero-order valence-electron chi connectivity index (χ0n) is 14.8. The number of hydrogen-bond donors (Lipinski definition) is 2. The molecule has 4 rings (SSSR count). The Morgan fingerprint density at radius 2 is 1.96 bits per heavy atom. The summed E-state index contributed by atoms with van der Waals surface area (Å²) in [5.41, 5.74) is 10.1. The first-order valence-electron chi connectivity index (χ1n) is 9.07. The molecule has 134 valence electrons. The van der Waals surface area contributed by atoms with Crippen LogP contribution in [0.5, 0.6) is 0 Å². The molecule has 3 heterocycles. The summed E-state index contributed by atoms with van der Waals surface area (Å²) in [5, 5.41) is 3.74. The van der Waals surface area contributed by atoms with E-state index in [0.717, 1.165) is 28.8 Å². The third kappa shape index (κ3) is 3.29. The van der Waals surface area contributed by atoms with Crippen LogP contribution >= 0.6 is 11.3 Å². The zero-order valence-corrected chi connectivity index (χ0v) is 15.7. The number of rotatable bonds is 2. The standard InChI is InChI=1S/C20H22N4OS/c1-12-7-6-10-16(22-12)24-19(25)18-17(21)14-11-13-8-4-2-3-5-9-15(13)23-20(14)26-18/h6-7,10-11H,2-5,8-9,21H2,1H3,(H,22,24,25). The van der Waals surface area contributed by atoms with Crippen molar-refractivity contribution in [3.63, 3.8) is 0 Å². The smallest absolute Gasteiger partial charge is 0.269 e. The van der Waals surface area contributed by atoms with Gasteiger partial charge in [-0.3, -0.25) is 4.79 Å². The van der Waals surface area contributed by atoms with E-state index in [1.165, 1.54) is 48.3 Å². The Morgan fingerprint density at radius 3 is 2.77 bits per heavy atom. The average molecular weight is 366 g/mol. The van der Waals surface area contributed by atoms with E-state index in [2.05, 4.69) is 16.4 Å². The Balaban J connectivity index is 1.69. The van der Waals surface area contributed by atoms with Gasteiger partial charge in [-0.05, 0) is 56.4 Å². The van der Waals surface area contributed by atoms with Gasteiger partial charge >= 0.3 is 0 Å². The highest BCUT2D eigenvalue weighted by atomic mass is 32.1. The molecule has 5 nitrogen and oxygen atoms in total. The van der Waals surface area contributed by atoms with E-state index in [4.69, 9.17) is 10.7 Å². The van der Waals surface area contributed by atoms with Gasteiger partial charge in [0.25, 0.3) is 5.91 Å². The third-order valence-corrected chi connectivity index (χ3v) is 5.95. The van der Waals surface area contributed by atoms with Crippen molar-refractivity contribution in [2.75, 3.05) is 11.1 Å². The number of anilines is 2. The first-order valence-corrected chi connectivity index (χ1v) is 9.89. The average Bonchev–Trinajstić information content (AvgIpc) is 2.91. The number of nitrogen functional groups attached to an aromatic ring is 1. The van der Waals surface area contributed by atoms with Crippen LogP contribution in [0.3, 0.4) is 0 Å². The number of aromatic nitrogens is 2. The van der Waals surface area contributed by atoms with Crippen LogP contribution in [0.2, 0.25) is 0 Å². The molecule has 0 unspecified atom stereocenters. The van der Waals surface area contributed by atoms with Crippen molar-refractivity contribution in [3.05, 3.63) is 46.1 Å². The number of nitrogens with zero attached hydrogens (tertiary/aromatic N) is 2. The predicted octanol–water partition coefficient (Wildman–Crippen LogP) is 4.49. The van der Waals surface area contributed by atoms with Gasteiger partial charge in [-0.25, -0.2) is 9.97 Å². The van der Waals surface area contributed by atoms with Gasteiger partial charge in [0.2, 0.25) is 0 Å². The number of carbonyl (C=O) groups excluding carboxylic acids is 1. The highest BCUT2D eigenvalue weighted by Gasteiger charge is 2.20. The van der Waals surface area contributed by atoms with E-state index in [-0.39, 0.29) is 5.91 Å². The SMILES string of the molecule is Cc1cccc(NC(=O)c2sc3nc4c(cc3c2N)CCCCCC4)n1. The third-order valence-electron chi connectivity index (χ3n) is 4.84. The minimum Gasteiger partial charge on any atom is -0.397 e. The Labute approximate surface area is 156 Å². The lowest BCUT2D eigenvalue weighted by Gasteiger charge is -2.12. The van der Waals surface area contributed by atoms with Gasteiger partial charge in [0, 0.05) is 16.8 Å². The highest BCUT2D eigenvalue weighted by molar-refractivity contribution is 7.21. The van der Waals surface area contributed by atoms with E-state index in [1.54, 1.807) is 6.07 Å². The number of pyridine rings is 2. The van der Waals surface area contributed by atoms with E-state index in [0.29, 0.717) is 16.4 Å². The molecule has 0 aliphatic heterocycles. The molecule has 3 aromatic heterocycles. The molecular weight excluding hydrogens is 344 g/mol. The molecule has 0 bridgehead atoms. The molecule has 0 saturated heterocycles. The molecule has 1 amide bonds. The zero-order chi connectivity index (χ0) is 18.1. The second-order valence-corrected chi connectivity index (χ2v) is 7.82. The Hall–Kier alpha value is -2.47. The Kier molecular flexibility index (Phi) is 4.59. The monoisotopic (exact) mass is 366 g/mol. The van der Waals surface area contributed by atoms with Gasteiger partial charge in [-0.1, -0.05) is 18.9 Å². The van der Waals surface area contributed by atoms with Crippen molar-refractivity contribution in [2.24, 2.45) is 0 Å². The van der Waals surface area contributed by atoms with Gasteiger partial charge in [0.15, 0.2) is 0 Å². The molecule has 0 spiro atoms. The van der Waals surface area contributed by atoms with Gasteiger partial charge in [-0.15, -0.1) is 11.3 Å². The normalized spacial score (nSPS) is 14.5. The maximum absolute atomic E-state index is 12.7. The maximum atomic E-state index is 12.7. The summed E-state index contributed by atoms with van der Waals surface area (Å²) in [6.45, 7) is 1.89. The van der Waals surface area contributed by atoms with Gasteiger partial charge < -0.3 is 11.1 Å². The predicted molar refractivity (Wildman–Crippen MR) is 107 cm³/mol. The molecule has 1 aliphatic rings. The van der Waals surface area contributed by atoms with Crippen molar-refractivity contribution < 1.29 is 4.79 Å². The second-order valence-electron chi connectivity index (χ2n) is 6.82.